The van der Waals surface area contributed by atoms with Gasteiger partial charge in [0.25, 0.3) is 0 Å². The van der Waals surface area contributed by atoms with E-state index in [0.717, 1.165) is 21.6 Å². The molecule has 172 valence electrons. The summed E-state index contributed by atoms with van der Waals surface area (Å²) in [6.07, 6.45) is 0. The Bertz CT molecular complexity index is 1230. The minimum atomic E-state index is 0.0719. The molecule has 0 radical (unpaired) electrons. The largest absolute Gasteiger partial charge is 0.493 e. The van der Waals surface area contributed by atoms with Crippen molar-refractivity contribution in [2.45, 2.75) is 13.8 Å². The lowest BCUT2D eigenvalue weighted by atomic mass is 10.1. The Balaban J connectivity index is 1.88. The van der Waals surface area contributed by atoms with Crippen LogP contribution in [0.3, 0.4) is 0 Å². The maximum absolute atomic E-state index is 11.8. The zero-order valence-corrected chi connectivity index (χ0v) is 20.1. The molecule has 1 saturated heterocycles. The van der Waals surface area contributed by atoms with E-state index < -0.39 is 0 Å². The normalized spacial score (nSPS) is 13.7. The van der Waals surface area contributed by atoms with E-state index in [2.05, 4.69) is 9.74 Å². The molecule has 1 aliphatic rings. The number of aromatic nitrogens is 2. The number of anilines is 1. The van der Waals surface area contributed by atoms with Crippen LogP contribution in [0.15, 0.2) is 12.1 Å². The number of rotatable bonds is 5. The molecule has 0 atom stereocenters. The highest BCUT2D eigenvalue weighted by Gasteiger charge is 2.25. The maximum Gasteiger partial charge on any atom is 0.246 e. The molecule has 33 heavy (non-hydrogen) atoms. The Morgan fingerprint density at radius 3 is 2.21 bits per heavy atom. The predicted molar refractivity (Wildman–Crippen MR) is 128 cm³/mol. The Hall–Kier alpha value is -3.58. The van der Waals surface area contributed by atoms with E-state index in [4.69, 9.17) is 30.8 Å². The van der Waals surface area contributed by atoms with Gasteiger partial charge in [-0.05, 0) is 24.6 Å². The minimum Gasteiger partial charge on any atom is -0.493 e. The number of hydrogen-bond acceptors (Lipinski definition) is 8. The first-order chi connectivity index (χ1) is 15.9. The van der Waals surface area contributed by atoms with Crippen molar-refractivity contribution in [1.82, 2.24) is 14.9 Å². The molecule has 1 aliphatic heterocycles. The third kappa shape index (κ3) is 4.00. The maximum atomic E-state index is 11.8. The number of aryl methyl sites for hydroxylation is 1. The highest BCUT2D eigenvalue weighted by atomic mass is 32.1. The molecule has 0 bridgehead atoms. The third-order valence-corrected chi connectivity index (χ3v) is 6.87. The average Bonchev–Trinajstić information content (AvgIpc) is 3.17. The number of benzene rings is 1. The Labute approximate surface area is 196 Å². The molecule has 0 aliphatic carbocycles. The summed E-state index contributed by atoms with van der Waals surface area (Å²) in [4.78, 5) is 30.0. The Morgan fingerprint density at radius 1 is 1.06 bits per heavy atom. The van der Waals surface area contributed by atoms with Gasteiger partial charge in [-0.2, -0.15) is 0 Å². The molecule has 3 heterocycles. The van der Waals surface area contributed by atoms with E-state index >= 15 is 0 Å². The fraction of sp³-hybridized carbons (Fsp3) is 0.391. The number of nitrogens with zero attached hydrogens (tertiary/aromatic N) is 5. The second-order valence-electron chi connectivity index (χ2n) is 7.60. The molecule has 1 fully saturated rings. The third-order valence-electron chi connectivity index (χ3n) is 5.79. The van der Waals surface area contributed by atoms with Crippen LogP contribution in [0.1, 0.15) is 12.5 Å². The van der Waals surface area contributed by atoms with Gasteiger partial charge in [0.2, 0.25) is 16.7 Å². The predicted octanol–water partition coefficient (Wildman–Crippen LogP) is 3.91. The van der Waals surface area contributed by atoms with Gasteiger partial charge in [0.1, 0.15) is 10.6 Å². The van der Waals surface area contributed by atoms with Crippen LogP contribution in [0, 0.1) is 13.5 Å². The smallest absolute Gasteiger partial charge is 0.246 e. The van der Waals surface area contributed by atoms with Gasteiger partial charge in [-0.15, -0.1) is 11.3 Å². The quantitative estimate of drug-likeness (QED) is 0.526. The number of thiophene rings is 1. The topological polar surface area (TPSA) is 81.4 Å². The van der Waals surface area contributed by atoms with Gasteiger partial charge in [0.15, 0.2) is 17.3 Å². The van der Waals surface area contributed by atoms with Gasteiger partial charge in [-0.3, -0.25) is 4.79 Å². The Morgan fingerprint density at radius 2 is 1.70 bits per heavy atom. The van der Waals surface area contributed by atoms with Crippen LogP contribution in [0.4, 0.5) is 10.8 Å². The summed E-state index contributed by atoms with van der Waals surface area (Å²) < 4.78 is 16.4. The first-order valence-corrected chi connectivity index (χ1v) is 11.2. The summed E-state index contributed by atoms with van der Waals surface area (Å²) in [5.41, 5.74) is 1.59. The van der Waals surface area contributed by atoms with Gasteiger partial charge in [-0.25, -0.2) is 14.8 Å². The number of amides is 1. The van der Waals surface area contributed by atoms with Crippen molar-refractivity contribution < 1.29 is 19.0 Å². The molecule has 3 aromatic rings. The first-order valence-electron chi connectivity index (χ1n) is 10.4. The molecular weight excluding hydrogens is 442 g/mol. The summed E-state index contributed by atoms with van der Waals surface area (Å²) in [6.45, 7) is 13.6. The highest BCUT2D eigenvalue weighted by Crippen LogP contribution is 2.44. The molecule has 0 N–H and O–H groups in total. The summed E-state index contributed by atoms with van der Waals surface area (Å²) in [6, 6.07) is 3.63. The van der Waals surface area contributed by atoms with Crippen molar-refractivity contribution in [1.29, 1.82) is 0 Å². The standard InChI is InChI=1S/C23H25N5O4S/c1-13-18-21(28-9-7-27(8-10-28)14(2)29)25-20(26-23(18)33-22(13)24-3)15-11-16(30-4)19(32-6)17(12-15)31-5/h11-12H,7-10H2,1-2,4-6H3. The zero-order valence-electron chi connectivity index (χ0n) is 19.3. The van der Waals surface area contributed by atoms with Crippen LogP contribution >= 0.6 is 11.3 Å². The highest BCUT2D eigenvalue weighted by molar-refractivity contribution is 7.22. The number of methoxy groups -OCH3 is 3. The second kappa shape index (κ2) is 9.11. The van der Waals surface area contributed by atoms with E-state index in [1.54, 1.807) is 28.3 Å². The van der Waals surface area contributed by atoms with Crippen LogP contribution < -0.4 is 19.1 Å². The van der Waals surface area contributed by atoms with Crippen molar-refractivity contribution in [3.8, 4) is 28.6 Å². The van der Waals surface area contributed by atoms with Crippen molar-refractivity contribution >= 4 is 38.3 Å². The van der Waals surface area contributed by atoms with Crippen LogP contribution in [0.25, 0.3) is 26.4 Å². The SMILES string of the molecule is [C-]#[N+]c1sc2nc(-c3cc(OC)c(OC)c(OC)c3)nc(N3CCN(C(C)=O)CC3)c2c1C. The van der Waals surface area contributed by atoms with Crippen LogP contribution in [-0.4, -0.2) is 68.3 Å². The summed E-state index contributed by atoms with van der Waals surface area (Å²) >= 11 is 1.36. The molecule has 1 amide bonds. The monoisotopic (exact) mass is 467 g/mol. The lowest BCUT2D eigenvalue weighted by Gasteiger charge is -2.35. The van der Waals surface area contributed by atoms with E-state index in [0.29, 0.717) is 59.8 Å². The lowest BCUT2D eigenvalue weighted by Crippen LogP contribution is -2.48. The number of piperazine rings is 1. The number of carbonyl (C=O) groups excluding carboxylic acids is 1. The summed E-state index contributed by atoms with van der Waals surface area (Å²) in [5.74, 6) is 2.86. The van der Waals surface area contributed by atoms with Crippen LogP contribution in [0.5, 0.6) is 17.2 Å². The van der Waals surface area contributed by atoms with Gasteiger partial charge < -0.3 is 24.0 Å². The molecule has 4 rings (SSSR count). The van der Waals surface area contributed by atoms with Crippen LogP contribution in [-0.2, 0) is 4.79 Å². The fourth-order valence-corrected chi connectivity index (χ4v) is 4.98. The minimum absolute atomic E-state index is 0.0719. The molecular formula is C23H25N5O4S. The molecule has 2 aromatic heterocycles. The fourth-order valence-electron chi connectivity index (χ4n) is 4.01. The van der Waals surface area contributed by atoms with Crippen LogP contribution in [0.2, 0.25) is 0 Å². The van der Waals surface area contributed by atoms with Crippen molar-refractivity contribution in [3.05, 3.63) is 29.1 Å². The van der Waals surface area contributed by atoms with E-state index in [1.807, 2.05) is 24.0 Å². The van der Waals surface area contributed by atoms with Crippen molar-refractivity contribution in [3.63, 3.8) is 0 Å². The van der Waals surface area contributed by atoms with Gasteiger partial charge in [0.05, 0.1) is 27.9 Å². The summed E-state index contributed by atoms with van der Waals surface area (Å²) in [7, 11) is 4.69. The summed E-state index contributed by atoms with van der Waals surface area (Å²) in [5, 5.41) is 1.49. The lowest BCUT2D eigenvalue weighted by molar-refractivity contribution is -0.129. The molecule has 0 unspecified atom stereocenters. The second-order valence-corrected chi connectivity index (χ2v) is 8.58. The molecule has 9 nitrogen and oxygen atoms in total. The zero-order chi connectivity index (χ0) is 23.7. The molecule has 1 aromatic carbocycles. The van der Waals surface area contributed by atoms with Gasteiger partial charge in [0, 0.05) is 44.1 Å². The van der Waals surface area contributed by atoms with Crippen molar-refractivity contribution in [2.75, 3.05) is 52.4 Å². The Kier molecular flexibility index (Phi) is 6.24. The average molecular weight is 468 g/mol. The number of fused-ring (bicyclic) bond motifs is 1. The first kappa shape index (κ1) is 22.6. The molecule has 0 saturated carbocycles. The van der Waals surface area contributed by atoms with Crippen molar-refractivity contribution in [2.24, 2.45) is 0 Å². The van der Waals surface area contributed by atoms with Gasteiger partial charge in [-0.1, -0.05) is 0 Å². The van der Waals surface area contributed by atoms with E-state index in [-0.39, 0.29) is 5.91 Å². The number of hydrogen-bond donors (Lipinski definition) is 0. The molecule has 10 heteroatoms. The number of ether oxygens (including phenoxy) is 3. The van der Waals surface area contributed by atoms with Gasteiger partial charge >= 0.3 is 0 Å². The number of carbonyl (C=O) groups is 1. The van der Waals surface area contributed by atoms with E-state index in [1.165, 1.54) is 11.3 Å². The van der Waals surface area contributed by atoms with E-state index in [9.17, 15) is 4.79 Å². The molecule has 0 spiro atoms.